The van der Waals surface area contributed by atoms with Crippen molar-refractivity contribution in [2.75, 3.05) is 19.8 Å². The number of aryl methyl sites for hydroxylation is 2. The van der Waals surface area contributed by atoms with Crippen LogP contribution in [0.4, 0.5) is 17.6 Å². The normalized spacial score (nSPS) is 18.0. The molecule has 1 aliphatic rings. The summed E-state index contributed by atoms with van der Waals surface area (Å²) < 4.78 is 97.7. The van der Waals surface area contributed by atoms with Crippen molar-refractivity contribution in [3.8, 4) is 5.75 Å². The number of rotatable bonds is 13. The number of hydrogen-bond donors (Lipinski definition) is 0. The maximum atomic E-state index is 14.0. The minimum atomic E-state index is -4.65. The van der Waals surface area contributed by atoms with Crippen molar-refractivity contribution < 1.29 is 45.2 Å². The first-order valence-electron chi connectivity index (χ1n) is 14.2. The third kappa shape index (κ3) is 11.2. The number of hydrogen-bond acceptors (Lipinski definition) is 7. The van der Waals surface area contributed by atoms with Crippen LogP contribution in [0.25, 0.3) is 0 Å². The second kappa shape index (κ2) is 13.7. The summed E-state index contributed by atoms with van der Waals surface area (Å²) in [5.41, 5.74) is -2.70. The average molecular weight is 632 g/mol. The Morgan fingerprint density at radius 2 is 1.63 bits per heavy atom. The summed E-state index contributed by atoms with van der Waals surface area (Å²) in [7, 11) is -4.06. The fraction of sp³-hybridized carbons (Fsp3) is 0.581. The van der Waals surface area contributed by atoms with Gasteiger partial charge in [0.25, 0.3) is 0 Å². The fourth-order valence-electron chi connectivity index (χ4n) is 4.46. The minimum absolute atomic E-state index is 0.00410. The predicted molar refractivity (Wildman–Crippen MR) is 157 cm³/mol. The van der Waals surface area contributed by atoms with Crippen molar-refractivity contribution in [3.63, 3.8) is 0 Å². The van der Waals surface area contributed by atoms with Gasteiger partial charge in [-0.25, -0.2) is 13.9 Å². The summed E-state index contributed by atoms with van der Waals surface area (Å²) in [5, 5.41) is 0. The standard InChI is InChI=1S/C31H42F4NO6P/c1-22-36-30(20-39-22,21-40-43(37,41-28(2,3)4)42-29(5,6)7)17-16-23-14-15-27(25(19-23)31(33,34)35)38-18-10-12-24-11-8-9-13-26(24)32/h8-9,11,13-15,19H,10,12,16-18,20-21H2,1-7H3. The Morgan fingerprint density at radius 1 is 0.977 bits per heavy atom. The van der Waals surface area contributed by atoms with E-state index < -0.39 is 36.3 Å². The number of alkyl halides is 3. The Labute approximate surface area is 251 Å². The lowest BCUT2D eigenvalue weighted by Crippen LogP contribution is -2.36. The van der Waals surface area contributed by atoms with E-state index in [2.05, 4.69) is 4.99 Å². The lowest BCUT2D eigenvalue weighted by Gasteiger charge is -2.33. The molecule has 1 unspecified atom stereocenters. The molecule has 0 fully saturated rings. The van der Waals surface area contributed by atoms with Crippen LogP contribution in [0.1, 0.15) is 78.0 Å². The third-order valence-electron chi connectivity index (χ3n) is 6.24. The van der Waals surface area contributed by atoms with Crippen LogP contribution >= 0.6 is 7.82 Å². The Bertz CT molecular complexity index is 1300. The quantitative estimate of drug-likeness (QED) is 0.125. The van der Waals surface area contributed by atoms with Gasteiger partial charge in [-0.2, -0.15) is 13.2 Å². The molecule has 0 saturated heterocycles. The zero-order valence-electron chi connectivity index (χ0n) is 25.8. The molecule has 0 aliphatic carbocycles. The Balaban J connectivity index is 1.72. The molecule has 0 bridgehead atoms. The summed E-state index contributed by atoms with van der Waals surface area (Å²) in [6, 6.07) is 10.2. The zero-order valence-corrected chi connectivity index (χ0v) is 26.7. The van der Waals surface area contributed by atoms with E-state index in [1.54, 1.807) is 72.7 Å². The van der Waals surface area contributed by atoms with Crippen LogP contribution in [-0.2, 0) is 41.9 Å². The molecule has 2 aromatic rings. The SMILES string of the molecule is CC1=NC(CCc2ccc(OCCCc3ccccc3F)c(C(F)(F)F)c2)(COP(=O)(OC(C)(C)C)OC(C)(C)C)CO1. The van der Waals surface area contributed by atoms with Crippen molar-refractivity contribution in [2.45, 2.75) is 97.1 Å². The smallest absolute Gasteiger partial charge is 0.475 e. The number of phosphoric ester groups is 1. The van der Waals surface area contributed by atoms with Gasteiger partial charge in [0.15, 0.2) is 5.90 Å². The molecule has 3 rings (SSSR count). The molecule has 43 heavy (non-hydrogen) atoms. The van der Waals surface area contributed by atoms with Gasteiger partial charge in [0.05, 0.1) is 30.0 Å². The predicted octanol–water partition coefficient (Wildman–Crippen LogP) is 8.73. The van der Waals surface area contributed by atoms with E-state index in [0.29, 0.717) is 29.9 Å². The topological polar surface area (TPSA) is 75.6 Å². The third-order valence-corrected chi connectivity index (χ3v) is 8.23. The van der Waals surface area contributed by atoms with Crippen molar-refractivity contribution in [2.24, 2.45) is 4.99 Å². The molecule has 0 amide bonds. The highest BCUT2D eigenvalue weighted by Gasteiger charge is 2.43. The molecule has 240 valence electrons. The second-order valence-corrected chi connectivity index (χ2v) is 14.2. The number of ether oxygens (including phenoxy) is 2. The number of benzene rings is 2. The van der Waals surface area contributed by atoms with Crippen LogP contribution in [0.3, 0.4) is 0 Å². The monoisotopic (exact) mass is 631 g/mol. The first kappa shape index (κ1) is 35.0. The van der Waals surface area contributed by atoms with E-state index in [-0.39, 0.29) is 44.2 Å². The molecular formula is C31H42F4NO6P. The van der Waals surface area contributed by atoms with Gasteiger partial charge in [-0.05, 0) is 96.6 Å². The second-order valence-electron chi connectivity index (χ2n) is 12.6. The molecule has 0 N–H and O–H groups in total. The Morgan fingerprint density at radius 3 is 2.19 bits per heavy atom. The summed E-state index contributed by atoms with van der Waals surface area (Å²) in [5.74, 6) is -0.257. The molecule has 1 aliphatic heterocycles. The van der Waals surface area contributed by atoms with E-state index in [0.717, 1.165) is 6.07 Å². The minimum Gasteiger partial charge on any atom is -0.493 e. The van der Waals surface area contributed by atoms with Gasteiger partial charge in [-0.3, -0.25) is 13.6 Å². The maximum absolute atomic E-state index is 14.0. The molecule has 12 heteroatoms. The van der Waals surface area contributed by atoms with E-state index in [1.807, 2.05) is 0 Å². The Kier molecular flexibility index (Phi) is 11.1. The highest BCUT2D eigenvalue weighted by molar-refractivity contribution is 7.48. The summed E-state index contributed by atoms with van der Waals surface area (Å²) in [6.45, 7) is 11.9. The van der Waals surface area contributed by atoms with Gasteiger partial charge in [-0.15, -0.1) is 0 Å². The van der Waals surface area contributed by atoms with Crippen molar-refractivity contribution in [1.82, 2.24) is 0 Å². The van der Waals surface area contributed by atoms with Gasteiger partial charge in [0.2, 0.25) is 0 Å². The largest absolute Gasteiger partial charge is 0.493 e. The molecule has 7 nitrogen and oxygen atoms in total. The number of phosphoric acid groups is 1. The molecule has 0 radical (unpaired) electrons. The van der Waals surface area contributed by atoms with E-state index in [9.17, 15) is 22.1 Å². The van der Waals surface area contributed by atoms with Crippen LogP contribution in [0.2, 0.25) is 0 Å². The van der Waals surface area contributed by atoms with Crippen molar-refractivity contribution >= 4 is 13.7 Å². The van der Waals surface area contributed by atoms with Crippen LogP contribution in [0, 0.1) is 5.82 Å². The van der Waals surface area contributed by atoms with Gasteiger partial charge in [0, 0.05) is 6.92 Å². The highest BCUT2D eigenvalue weighted by atomic mass is 31.2. The molecule has 2 aromatic carbocycles. The molecule has 1 atom stereocenters. The molecule has 0 aromatic heterocycles. The lowest BCUT2D eigenvalue weighted by atomic mass is 9.93. The first-order valence-corrected chi connectivity index (χ1v) is 15.7. The number of halogens is 4. The average Bonchev–Trinajstić information content (AvgIpc) is 3.24. The fourth-order valence-corrected chi connectivity index (χ4v) is 6.34. The zero-order chi connectivity index (χ0) is 32.1. The molecule has 1 heterocycles. The van der Waals surface area contributed by atoms with Gasteiger partial charge in [0.1, 0.15) is 23.7 Å². The molecular weight excluding hydrogens is 589 g/mol. The van der Waals surface area contributed by atoms with Crippen LogP contribution in [-0.4, -0.2) is 42.5 Å². The maximum Gasteiger partial charge on any atom is 0.475 e. The number of nitrogens with zero attached hydrogens (tertiary/aromatic N) is 1. The lowest BCUT2D eigenvalue weighted by molar-refractivity contribution is -0.139. The summed E-state index contributed by atoms with van der Waals surface area (Å²) in [4.78, 5) is 4.56. The van der Waals surface area contributed by atoms with Crippen LogP contribution in [0.15, 0.2) is 47.5 Å². The van der Waals surface area contributed by atoms with Crippen LogP contribution in [0.5, 0.6) is 5.75 Å². The first-order chi connectivity index (χ1) is 19.8. The van der Waals surface area contributed by atoms with Gasteiger partial charge >= 0.3 is 14.0 Å². The molecule has 0 spiro atoms. The Hall–Kier alpha value is -2.46. The van der Waals surface area contributed by atoms with Gasteiger partial charge in [-0.1, -0.05) is 24.3 Å². The van der Waals surface area contributed by atoms with Crippen molar-refractivity contribution in [1.29, 1.82) is 0 Å². The van der Waals surface area contributed by atoms with Crippen molar-refractivity contribution in [3.05, 3.63) is 65.0 Å². The summed E-state index contributed by atoms with van der Waals surface area (Å²) in [6.07, 6.45) is -3.52. The van der Waals surface area contributed by atoms with E-state index >= 15 is 0 Å². The molecule has 0 saturated carbocycles. The number of aliphatic imine (C=N–C) groups is 1. The summed E-state index contributed by atoms with van der Waals surface area (Å²) >= 11 is 0. The highest BCUT2D eigenvalue weighted by Crippen LogP contribution is 2.56. The van der Waals surface area contributed by atoms with Gasteiger partial charge < -0.3 is 9.47 Å². The van der Waals surface area contributed by atoms with Crippen LogP contribution < -0.4 is 4.74 Å². The van der Waals surface area contributed by atoms with E-state index in [4.69, 9.17) is 23.0 Å². The van der Waals surface area contributed by atoms with E-state index in [1.165, 1.54) is 12.1 Å².